The molecule has 0 saturated carbocycles. The molecule has 0 unspecified atom stereocenters. The van der Waals surface area contributed by atoms with Gasteiger partial charge in [-0.05, 0) is 36.4 Å². The lowest BCUT2D eigenvalue weighted by Crippen LogP contribution is -1.94. The second kappa shape index (κ2) is 5.16. The van der Waals surface area contributed by atoms with E-state index < -0.39 is 5.97 Å². The van der Waals surface area contributed by atoms with Crippen LogP contribution in [0.15, 0.2) is 40.9 Å². The molecule has 0 radical (unpaired) electrons. The highest BCUT2D eigenvalue weighted by atomic mass is 79.9. The summed E-state index contributed by atoms with van der Waals surface area (Å²) < 4.78 is 1.74. The Bertz CT molecular complexity index is 831. The van der Waals surface area contributed by atoms with E-state index in [1.807, 2.05) is 18.2 Å². The van der Waals surface area contributed by atoms with E-state index in [2.05, 4.69) is 20.9 Å². The van der Waals surface area contributed by atoms with Crippen molar-refractivity contribution in [3.8, 4) is 10.6 Å². The lowest BCUT2D eigenvalue weighted by atomic mass is 10.2. The maximum absolute atomic E-state index is 11.0. The third-order valence-electron chi connectivity index (χ3n) is 2.80. The number of halogens is 2. The first kappa shape index (κ1) is 13.5. The van der Waals surface area contributed by atoms with Crippen LogP contribution in [0.2, 0.25) is 5.02 Å². The number of fused-ring (bicyclic) bond motifs is 1. The summed E-state index contributed by atoms with van der Waals surface area (Å²) in [5.74, 6) is -0.941. The fraction of sp³-hybridized carbons (Fsp3) is 0. The molecule has 20 heavy (non-hydrogen) atoms. The molecule has 1 heterocycles. The van der Waals surface area contributed by atoms with Crippen molar-refractivity contribution in [2.24, 2.45) is 0 Å². The average molecular weight is 369 g/mol. The summed E-state index contributed by atoms with van der Waals surface area (Å²) in [5, 5.41) is 10.4. The lowest BCUT2D eigenvalue weighted by molar-refractivity contribution is 0.0697. The minimum atomic E-state index is -0.941. The standard InChI is InChI=1S/C14H7BrClNO2S/c15-8-2-3-9(10(16)6-8)13-17-11-4-1-7(14(18)19)5-12(11)20-13/h1-6H,(H,18,19). The average Bonchev–Trinajstić information content (AvgIpc) is 2.80. The number of thiazole rings is 1. The first-order chi connectivity index (χ1) is 9.54. The second-order valence-electron chi connectivity index (χ2n) is 4.13. The van der Waals surface area contributed by atoms with Gasteiger partial charge < -0.3 is 5.11 Å². The van der Waals surface area contributed by atoms with E-state index in [1.165, 1.54) is 11.3 Å². The van der Waals surface area contributed by atoms with Crippen molar-refractivity contribution in [3.63, 3.8) is 0 Å². The molecule has 0 bridgehead atoms. The number of nitrogens with zero attached hydrogens (tertiary/aromatic N) is 1. The molecule has 1 aromatic heterocycles. The van der Waals surface area contributed by atoms with Gasteiger partial charge in [-0.1, -0.05) is 27.5 Å². The van der Waals surface area contributed by atoms with Crippen LogP contribution in [-0.2, 0) is 0 Å². The number of carboxylic acids is 1. The van der Waals surface area contributed by atoms with Gasteiger partial charge in [-0.15, -0.1) is 11.3 Å². The molecule has 0 fully saturated rings. The van der Waals surface area contributed by atoms with Crippen molar-refractivity contribution in [1.82, 2.24) is 4.98 Å². The van der Waals surface area contributed by atoms with Crippen LogP contribution in [0, 0.1) is 0 Å². The predicted octanol–water partition coefficient (Wildman–Crippen LogP) is 5.08. The molecule has 0 amide bonds. The van der Waals surface area contributed by atoms with E-state index in [4.69, 9.17) is 16.7 Å². The third kappa shape index (κ3) is 2.44. The van der Waals surface area contributed by atoms with Gasteiger partial charge in [0.1, 0.15) is 5.01 Å². The summed E-state index contributed by atoms with van der Waals surface area (Å²) >= 11 is 11.0. The summed E-state index contributed by atoms with van der Waals surface area (Å²) in [6.45, 7) is 0. The van der Waals surface area contributed by atoms with Crippen molar-refractivity contribution in [3.05, 3.63) is 51.5 Å². The molecule has 0 saturated heterocycles. The van der Waals surface area contributed by atoms with Crippen LogP contribution in [0.1, 0.15) is 10.4 Å². The maximum Gasteiger partial charge on any atom is 0.335 e. The zero-order valence-electron chi connectivity index (χ0n) is 9.93. The molecular formula is C14H7BrClNO2S. The van der Waals surface area contributed by atoms with Crippen LogP contribution in [0.3, 0.4) is 0 Å². The first-order valence-electron chi connectivity index (χ1n) is 5.64. The van der Waals surface area contributed by atoms with Gasteiger partial charge in [-0.3, -0.25) is 0 Å². The highest BCUT2D eigenvalue weighted by molar-refractivity contribution is 9.10. The van der Waals surface area contributed by atoms with Crippen LogP contribution >= 0.6 is 38.9 Å². The number of hydrogen-bond acceptors (Lipinski definition) is 3. The second-order valence-corrected chi connectivity index (χ2v) is 6.48. The van der Waals surface area contributed by atoms with Crippen molar-refractivity contribution < 1.29 is 9.90 Å². The van der Waals surface area contributed by atoms with Crippen LogP contribution in [0.25, 0.3) is 20.8 Å². The molecule has 6 heteroatoms. The van der Waals surface area contributed by atoms with E-state index in [-0.39, 0.29) is 5.56 Å². The maximum atomic E-state index is 11.0. The largest absolute Gasteiger partial charge is 0.478 e. The zero-order valence-corrected chi connectivity index (χ0v) is 13.1. The highest BCUT2D eigenvalue weighted by Gasteiger charge is 2.12. The van der Waals surface area contributed by atoms with E-state index in [9.17, 15) is 4.79 Å². The molecule has 0 aliphatic rings. The van der Waals surface area contributed by atoms with Gasteiger partial charge in [0.2, 0.25) is 0 Å². The number of hydrogen-bond donors (Lipinski definition) is 1. The van der Waals surface area contributed by atoms with Gasteiger partial charge in [0.15, 0.2) is 0 Å². The molecule has 1 N–H and O–H groups in total. The first-order valence-corrected chi connectivity index (χ1v) is 7.62. The molecule has 3 aromatic rings. The van der Waals surface area contributed by atoms with Crippen molar-refractivity contribution in [2.75, 3.05) is 0 Å². The predicted molar refractivity (Wildman–Crippen MR) is 84.7 cm³/mol. The van der Waals surface area contributed by atoms with Crippen molar-refractivity contribution in [1.29, 1.82) is 0 Å². The monoisotopic (exact) mass is 367 g/mol. The van der Waals surface area contributed by atoms with Gasteiger partial charge in [0, 0.05) is 10.0 Å². The Hall–Kier alpha value is -1.43. The van der Waals surface area contributed by atoms with Crippen LogP contribution < -0.4 is 0 Å². The summed E-state index contributed by atoms with van der Waals surface area (Å²) in [7, 11) is 0. The molecule has 0 spiro atoms. The molecule has 0 atom stereocenters. The van der Waals surface area contributed by atoms with Gasteiger partial charge in [0.05, 0.1) is 20.8 Å². The SMILES string of the molecule is O=C(O)c1ccc2nc(-c3ccc(Br)cc3Cl)sc2c1. The quantitative estimate of drug-likeness (QED) is 0.686. The summed E-state index contributed by atoms with van der Waals surface area (Å²) in [6, 6.07) is 10.5. The lowest BCUT2D eigenvalue weighted by Gasteiger charge is -1.99. The molecule has 2 aromatic carbocycles. The Labute approximate surface area is 132 Å². The minimum Gasteiger partial charge on any atom is -0.478 e. The number of rotatable bonds is 2. The summed E-state index contributed by atoms with van der Waals surface area (Å²) in [4.78, 5) is 15.5. The van der Waals surface area contributed by atoms with E-state index >= 15 is 0 Å². The number of benzene rings is 2. The smallest absolute Gasteiger partial charge is 0.335 e. The van der Waals surface area contributed by atoms with E-state index in [1.54, 1.807) is 18.2 Å². The number of aromatic nitrogens is 1. The number of aromatic carboxylic acids is 1. The fourth-order valence-corrected chi connectivity index (χ4v) is 3.70. The van der Waals surface area contributed by atoms with Gasteiger partial charge in [-0.25, -0.2) is 9.78 Å². The topological polar surface area (TPSA) is 50.2 Å². The Morgan fingerprint density at radius 1 is 1.25 bits per heavy atom. The molecule has 0 aliphatic carbocycles. The summed E-state index contributed by atoms with van der Waals surface area (Å²) in [5.41, 5.74) is 1.87. The Kier molecular flexibility index (Phi) is 3.50. The zero-order chi connectivity index (χ0) is 14.3. The van der Waals surface area contributed by atoms with E-state index in [0.717, 1.165) is 25.3 Å². The molecule has 3 nitrogen and oxygen atoms in total. The van der Waals surface area contributed by atoms with E-state index in [0.29, 0.717) is 5.02 Å². The Morgan fingerprint density at radius 3 is 2.75 bits per heavy atom. The van der Waals surface area contributed by atoms with Crippen LogP contribution in [-0.4, -0.2) is 16.1 Å². The summed E-state index contributed by atoms with van der Waals surface area (Å²) in [6.07, 6.45) is 0. The van der Waals surface area contributed by atoms with Gasteiger partial charge in [-0.2, -0.15) is 0 Å². The Morgan fingerprint density at radius 2 is 2.05 bits per heavy atom. The van der Waals surface area contributed by atoms with Crippen molar-refractivity contribution >= 4 is 55.1 Å². The van der Waals surface area contributed by atoms with Crippen LogP contribution in [0.5, 0.6) is 0 Å². The number of carboxylic acid groups (broad SMARTS) is 1. The molecular weight excluding hydrogens is 362 g/mol. The molecule has 3 rings (SSSR count). The fourth-order valence-electron chi connectivity index (χ4n) is 1.84. The highest BCUT2D eigenvalue weighted by Crippen LogP contribution is 2.35. The van der Waals surface area contributed by atoms with Gasteiger partial charge >= 0.3 is 5.97 Å². The Balaban J connectivity index is 2.15. The third-order valence-corrected chi connectivity index (χ3v) is 4.65. The minimum absolute atomic E-state index is 0.259. The van der Waals surface area contributed by atoms with Gasteiger partial charge in [0.25, 0.3) is 0 Å². The molecule has 100 valence electrons. The normalized spacial score (nSPS) is 10.9. The van der Waals surface area contributed by atoms with Crippen molar-refractivity contribution in [2.45, 2.75) is 0 Å². The molecule has 0 aliphatic heterocycles. The number of carbonyl (C=O) groups is 1. The van der Waals surface area contributed by atoms with Crippen LogP contribution in [0.4, 0.5) is 0 Å².